The van der Waals surface area contributed by atoms with E-state index in [0.717, 1.165) is 12.2 Å². The molecule has 0 amide bonds. The molecule has 0 atom stereocenters. The SMILES string of the molecule is N#CC1=CC(=O)C(C#N)=CC1=O. The molecular weight excluding hydrogens is 156 g/mol. The first kappa shape index (κ1) is 7.90. The molecule has 1 aliphatic carbocycles. The molecule has 0 aromatic rings. The molecule has 0 saturated carbocycles. The number of hydrogen-bond donors (Lipinski definition) is 0. The third-order valence-corrected chi connectivity index (χ3v) is 1.32. The Morgan fingerprint density at radius 2 is 1.25 bits per heavy atom. The summed E-state index contributed by atoms with van der Waals surface area (Å²) in [5, 5.41) is 16.7. The Labute approximate surface area is 68.0 Å². The van der Waals surface area contributed by atoms with Crippen molar-refractivity contribution in [2.24, 2.45) is 0 Å². The van der Waals surface area contributed by atoms with Gasteiger partial charge >= 0.3 is 0 Å². The van der Waals surface area contributed by atoms with Gasteiger partial charge in [-0.15, -0.1) is 0 Å². The summed E-state index contributed by atoms with van der Waals surface area (Å²) < 4.78 is 0. The molecule has 0 spiro atoms. The zero-order valence-corrected chi connectivity index (χ0v) is 5.87. The number of ketones is 2. The second-order valence-electron chi connectivity index (χ2n) is 2.07. The van der Waals surface area contributed by atoms with Gasteiger partial charge in [0, 0.05) is 12.2 Å². The molecule has 0 unspecified atom stereocenters. The topological polar surface area (TPSA) is 81.7 Å². The van der Waals surface area contributed by atoms with E-state index >= 15 is 0 Å². The molecule has 0 bridgehead atoms. The number of carbonyl (C=O) groups is 2. The van der Waals surface area contributed by atoms with Crippen LogP contribution in [-0.4, -0.2) is 11.6 Å². The molecule has 0 radical (unpaired) electrons. The van der Waals surface area contributed by atoms with Crippen LogP contribution in [0.1, 0.15) is 0 Å². The van der Waals surface area contributed by atoms with Crippen LogP contribution in [0, 0.1) is 22.7 Å². The van der Waals surface area contributed by atoms with Crippen LogP contribution < -0.4 is 0 Å². The number of carbonyl (C=O) groups excluding carboxylic acids is 2. The Bertz CT molecular complexity index is 362. The summed E-state index contributed by atoms with van der Waals surface area (Å²) in [6.07, 6.45) is 1.75. The first-order chi connectivity index (χ1) is 5.69. The summed E-state index contributed by atoms with van der Waals surface area (Å²) in [6, 6.07) is 3.13. The normalized spacial score (nSPS) is 15.8. The quantitative estimate of drug-likeness (QED) is 0.466. The lowest BCUT2D eigenvalue weighted by Crippen LogP contribution is -2.10. The lowest BCUT2D eigenvalue weighted by Gasteiger charge is -1.99. The van der Waals surface area contributed by atoms with Crippen LogP contribution >= 0.6 is 0 Å². The van der Waals surface area contributed by atoms with Crippen LogP contribution in [0.2, 0.25) is 0 Å². The average molecular weight is 158 g/mol. The van der Waals surface area contributed by atoms with E-state index in [4.69, 9.17) is 10.5 Å². The fourth-order valence-electron chi connectivity index (χ4n) is 0.735. The minimum atomic E-state index is -0.589. The van der Waals surface area contributed by atoms with Gasteiger partial charge in [-0.25, -0.2) is 0 Å². The highest BCUT2D eigenvalue weighted by molar-refractivity contribution is 6.23. The number of nitrogens with zero attached hydrogens (tertiary/aromatic N) is 2. The van der Waals surface area contributed by atoms with Gasteiger partial charge in [0.1, 0.15) is 23.3 Å². The summed E-state index contributed by atoms with van der Waals surface area (Å²) in [4.78, 5) is 21.7. The Hall–Kier alpha value is -2.20. The summed E-state index contributed by atoms with van der Waals surface area (Å²) >= 11 is 0. The monoisotopic (exact) mass is 158 g/mol. The summed E-state index contributed by atoms with van der Waals surface area (Å²) in [7, 11) is 0. The molecule has 0 aromatic carbocycles. The maximum absolute atomic E-state index is 10.9. The highest BCUT2D eigenvalue weighted by atomic mass is 16.1. The predicted octanol–water partition coefficient (Wildman–Crippen LogP) is 0.0382. The van der Waals surface area contributed by atoms with E-state index < -0.39 is 11.6 Å². The van der Waals surface area contributed by atoms with Gasteiger partial charge in [0.25, 0.3) is 0 Å². The van der Waals surface area contributed by atoms with Crippen molar-refractivity contribution < 1.29 is 9.59 Å². The van der Waals surface area contributed by atoms with Gasteiger partial charge in [0.15, 0.2) is 11.6 Å². The van der Waals surface area contributed by atoms with Crippen molar-refractivity contribution in [2.75, 3.05) is 0 Å². The van der Waals surface area contributed by atoms with Gasteiger partial charge < -0.3 is 0 Å². The van der Waals surface area contributed by atoms with Crippen molar-refractivity contribution in [3.63, 3.8) is 0 Å². The molecular formula is C8H2N2O2. The molecule has 1 aliphatic rings. The highest BCUT2D eigenvalue weighted by Crippen LogP contribution is 2.09. The van der Waals surface area contributed by atoms with Gasteiger partial charge in [-0.3, -0.25) is 9.59 Å². The van der Waals surface area contributed by atoms with Gasteiger partial charge in [-0.1, -0.05) is 0 Å². The second-order valence-corrected chi connectivity index (χ2v) is 2.07. The summed E-state index contributed by atoms with van der Waals surface area (Å²) in [6.45, 7) is 0. The number of rotatable bonds is 0. The summed E-state index contributed by atoms with van der Waals surface area (Å²) in [5.74, 6) is -1.18. The van der Waals surface area contributed by atoms with Gasteiger partial charge in [0.05, 0.1) is 0 Å². The molecule has 0 N–H and O–H groups in total. The third-order valence-electron chi connectivity index (χ3n) is 1.32. The van der Waals surface area contributed by atoms with Crippen LogP contribution in [0.4, 0.5) is 0 Å². The van der Waals surface area contributed by atoms with E-state index in [9.17, 15) is 9.59 Å². The first-order valence-electron chi connectivity index (χ1n) is 3.01. The Morgan fingerprint density at radius 1 is 0.917 bits per heavy atom. The third kappa shape index (κ3) is 1.14. The fraction of sp³-hybridized carbons (Fsp3) is 0. The maximum Gasteiger partial charge on any atom is 0.197 e. The van der Waals surface area contributed by atoms with Gasteiger partial charge in [-0.05, 0) is 0 Å². The second kappa shape index (κ2) is 2.81. The van der Waals surface area contributed by atoms with E-state index in [1.807, 2.05) is 0 Å². The van der Waals surface area contributed by atoms with Crippen molar-refractivity contribution in [3.05, 3.63) is 23.3 Å². The van der Waals surface area contributed by atoms with Crippen molar-refractivity contribution in [1.29, 1.82) is 10.5 Å². The van der Waals surface area contributed by atoms with E-state index in [1.54, 1.807) is 12.1 Å². The molecule has 12 heavy (non-hydrogen) atoms. The molecule has 1 rings (SSSR count). The van der Waals surface area contributed by atoms with Crippen LogP contribution in [0.15, 0.2) is 23.3 Å². The average Bonchev–Trinajstić information content (AvgIpc) is 2.08. The minimum absolute atomic E-state index is 0.223. The van der Waals surface area contributed by atoms with Crippen molar-refractivity contribution in [1.82, 2.24) is 0 Å². The van der Waals surface area contributed by atoms with E-state index in [1.165, 1.54) is 0 Å². The van der Waals surface area contributed by atoms with Crippen LogP contribution in [0.25, 0.3) is 0 Å². The van der Waals surface area contributed by atoms with E-state index in [0.29, 0.717) is 0 Å². The van der Waals surface area contributed by atoms with Crippen molar-refractivity contribution in [3.8, 4) is 12.1 Å². The highest BCUT2D eigenvalue weighted by Gasteiger charge is 2.19. The van der Waals surface area contributed by atoms with E-state index in [-0.39, 0.29) is 11.1 Å². The van der Waals surface area contributed by atoms with Crippen molar-refractivity contribution >= 4 is 11.6 Å². The lowest BCUT2D eigenvalue weighted by atomic mass is 9.99. The van der Waals surface area contributed by atoms with Gasteiger partial charge in [-0.2, -0.15) is 10.5 Å². The molecule has 0 fully saturated rings. The maximum atomic E-state index is 10.9. The Kier molecular flexibility index (Phi) is 1.85. The zero-order chi connectivity index (χ0) is 9.14. The molecule has 0 aliphatic heterocycles. The zero-order valence-electron chi connectivity index (χ0n) is 5.87. The largest absolute Gasteiger partial charge is 0.288 e. The fourth-order valence-corrected chi connectivity index (χ4v) is 0.735. The standard InChI is InChI=1S/C8H2N2O2/c9-3-5-1-7(11)6(4-10)2-8(5)12/h1-2H. The smallest absolute Gasteiger partial charge is 0.197 e. The van der Waals surface area contributed by atoms with Gasteiger partial charge in [0.2, 0.25) is 0 Å². The van der Waals surface area contributed by atoms with Crippen LogP contribution in [0.5, 0.6) is 0 Å². The Morgan fingerprint density at radius 3 is 1.50 bits per heavy atom. The molecule has 0 saturated heterocycles. The number of hydrogen-bond acceptors (Lipinski definition) is 4. The molecule has 56 valence electrons. The molecule has 4 nitrogen and oxygen atoms in total. The van der Waals surface area contributed by atoms with Crippen LogP contribution in [0.3, 0.4) is 0 Å². The van der Waals surface area contributed by atoms with Crippen LogP contribution in [-0.2, 0) is 9.59 Å². The minimum Gasteiger partial charge on any atom is -0.288 e. The molecule has 0 heterocycles. The predicted molar refractivity (Wildman–Crippen MR) is 37.4 cm³/mol. The Balaban J connectivity index is 3.15. The number of allylic oxidation sites excluding steroid dienone is 4. The van der Waals surface area contributed by atoms with Crippen molar-refractivity contribution in [2.45, 2.75) is 0 Å². The lowest BCUT2D eigenvalue weighted by molar-refractivity contribution is -0.114. The molecule has 4 heteroatoms. The van der Waals surface area contributed by atoms with E-state index in [2.05, 4.69) is 0 Å². The first-order valence-corrected chi connectivity index (χ1v) is 3.01. The summed E-state index contributed by atoms with van der Waals surface area (Å²) in [5.41, 5.74) is -0.446. The molecule has 0 aromatic heterocycles. The number of nitriles is 2.